The highest BCUT2D eigenvalue weighted by atomic mass is 79.9. The van der Waals surface area contributed by atoms with Crippen LogP contribution < -0.4 is 10.6 Å². The van der Waals surface area contributed by atoms with Crippen molar-refractivity contribution in [1.29, 1.82) is 5.41 Å². The van der Waals surface area contributed by atoms with Crippen molar-refractivity contribution in [3.8, 4) is 0 Å². The van der Waals surface area contributed by atoms with Gasteiger partial charge in [0.15, 0.2) is 0 Å². The molecule has 1 heterocycles. The average Bonchev–Trinajstić information content (AvgIpc) is 2.39. The van der Waals surface area contributed by atoms with Crippen molar-refractivity contribution in [2.75, 3.05) is 24.6 Å². The van der Waals surface area contributed by atoms with E-state index in [4.69, 9.17) is 16.2 Å². The standard InChI is InChI=1S/C14H20BrN3O/c15-12-8-11(14(16)17)3-4-13(12)18-6-1-2-10(9-18)5-7-19/h3-4,8,10,19H,1-2,5-7,9H2,(H3,16,17). The maximum atomic E-state index is 9.06. The molecule has 104 valence electrons. The highest BCUT2D eigenvalue weighted by Gasteiger charge is 2.21. The molecular formula is C14H20BrN3O. The lowest BCUT2D eigenvalue weighted by Crippen LogP contribution is -2.36. The highest BCUT2D eigenvalue weighted by molar-refractivity contribution is 9.10. The molecule has 2 rings (SSSR count). The number of rotatable bonds is 4. The van der Waals surface area contributed by atoms with Gasteiger partial charge in [-0.3, -0.25) is 5.41 Å². The van der Waals surface area contributed by atoms with Crippen molar-refractivity contribution in [3.05, 3.63) is 28.2 Å². The van der Waals surface area contributed by atoms with Gasteiger partial charge in [-0.2, -0.15) is 0 Å². The van der Waals surface area contributed by atoms with Crippen LogP contribution >= 0.6 is 15.9 Å². The molecule has 1 fully saturated rings. The molecule has 1 atom stereocenters. The molecule has 1 aliphatic rings. The van der Waals surface area contributed by atoms with Crippen LogP contribution in [0.4, 0.5) is 5.69 Å². The molecule has 0 amide bonds. The van der Waals surface area contributed by atoms with Gasteiger partial charge in [0.05, 0.1) is 5.69 Å². The van der Waals surface area contributed by atoms with Crippen molar-refractivity contribution in [1.82, 2.24) is 0 Å². The molecule has 0 saturated carbocycles. The van der Waals surface area contributed by atoms with Crippen LogP contribution in [0.1, 0.15) is 24.8 Å². The van der Waals surface area contributed by atoms with E-state index in [0.29, 0.717) is 5.92 Å². The fourth-order valence-electron chi connectivity index (χ4n) is 2.63. The summed E-state index contributed by atoms with van der Waals surface area (Å²) in [7, 11) is 0. The third-order valence-corrected chi connectivity index (χ3v) is 4.29. The second kappa shape index (κ2) is 6.39. The summed E-state index contributed by atoms with van der Waals surface area (Å²) >= 11 is 3.57. The predicted molar refractivity (Wildman–Crippen MR) is 81.8 cm³/mol. The SMILES string of the molecule is N=C(N)c1ccc(N2CCCC(CCO)C2)c(Br)c1. The maximum absolute atomic E-state index is 9.06. The molecule has 1 aromatic rings. The molecule has 19 heavy (non-hydrogen) atoms. The zero-order valence-electron chi connectivity index (χ0n) is 10.9. The van der Waals surface area contributed by atoms with E-state index < -0.39 is 0 Å². The van der Waals surface area contributed by atoms with Gasteiger partial charge in [0.25, 0.3) is 0 Å². The molecule has 1 aromatic carbocycles. The molecule has 0 aliphatic carbocycles. The number of halogens is 1. The van der Waals surface area contributed by atoms with Crippen molar-refractivity contribution in [3.63, 3.8) is 0 Å². The van der Waals surface area contributed by atoms with Gasteiger partial charge in [-0.1, -0.05) is 0 Å². The quantitative estimate of drug-likeness (QED) is 0.587. The maximum Gasteiger partial charge on any atom is 0.122 e. The Morgan fingerprint density at radius 2 is 2.32 bits per heavy atom. The van der Waals surface area contributed by atoms with Crippen molar-refractivity contribution in [2.24, 2.45) is 11.7 Å². The molecule has 0 radical (unpaired) electrons. The molecule has 1 unspecified atom stereocenters. The first-order chi connectivity index (χ1) is 9.11. The zero-order valence-corrected chi connectivity index (χ0v) is 12.5. The summed E-state index contributed by atoms with van der Waals surface area (Å²) in [6, 6.07) is 5.80. The van der Waals surface area contributed by atoms with E-state index in [1.807, 2.05) is 18.2 Å². The van der Waals surface area contributed by atoms with Crippen LogP contribution in [0, 0.1) is 11.3 Å². The first-order valence-electron chi connectivity index (χ1n) is 6.61. The van der Waals surface area contributed by atoms with Crippen LogP contribution in [0.5, 0.6) is 0 Å². The first kappa shape index (κ1) is 14.3. The van der Waals surface area contributed by atoms with Crippen LogP contribution in [-0.2, 0) is 0 Å². The number of aliphatic hydroxyl groups is 1. The lowest BCUT2D eigenvalue weighted by Gasteiger charge is -2.35. The van der Waals surface area contributed by atoms with E-state index in [2.05, 4.69) is 20.8 Å². The number of benzene rings is 1. The van der Waals surface area contributed by atoms with Gasteiger partial charge in [0.2, 0.25) is 0 Å². The van der Waals surface area contributed by atoms with E-state index in [-0.39, 0.29) is 12.4 Å². The predicted octanol–water partition coefficient (Wildman–Crippen LogP) is 2.33. The van der Waals surface area contributed by atoms with E-state index >= 15 is 0 Å². The summed E-state index contributed by atoms with van der Waals surface area (Å²) in [6.45, 7) is 2.29. The van der Waals surface area contributed by atoms with Crippen LogP contribution in [0.2, 0.25) is 0 Å². The molecule has 0 bridgehead atoms. The van der Waals surface area contributed by atoms with Gasteiger partial charge in [-0.25, -0.2) is 0 Å². The molecule has 0 aromatic heterocycles. The van der Waals surface area contributed by atoms with E-state index in [1.54, 1.807) is 0 Å². The second-order valence-corrected chi connectivity index (χ2v) is 5.90. The van der Waals surface area contributed by atoms with Gasteiger partial charge in [0.1, 0.15) is 5.84 Å². The Balaban J connectivity index is 2.15. The van der Waals surface area contributed by atoms with Crippen LogP contribution in [0.3, 0.4) is 0 Å². The Hall–Kier alpha value is -1.07. The lowest BCUT2D eigenvalue weighted by molar-refractivity contribution is 0.244. The molecular weight excluding hydrogens is 306 g/mol. The number of amidine groups is 1. The number of nitrogens with zero attached hydrogens (tertiary/aromatic N) is 1. The number of nitrogen functional groups attached to an aromatic ring is 1. The second-order valence-electron chi connectivity index (χ2n) is 5.05. The zero-order chi connectivity index (χ0) is 13.8. The average molecular weight is 326 g/mol. The number of hydrogen-bond donors (Lipinski definition) is 3. The highest BCUT2D eigenvalue weighted by Crippen LogP contribution is 2.31. The largest absolute Gasteiger partial charge is 0.396 e. The van der Waals surface area contributed by atoms with Gasteiger partial charge in [-0.15, -0.1) is 0 Å². The fourth-order valence-corrected chi connectivity index (χ4v) is 3.26. The number of piperidine rings is 1. The van der Waals surface area contributed by atoms with Crippen LogP contribution in [0.15, 0.2) is 22.7 Å². The first-order valence-corrected chi connectivity index (χ1v) is 7.41. The molecule has 1 saturated heterocycles. The van der Waals surface area contributed by atoms with Crippen molar-refractivity contribution >= 4 is 27.5 Å². The minimum absolute atomic E-state index is 0.0871. The molecule has 1 aliphatic heterocycles. The summed E-state index contributed by atoms with van der Waals surface area (Å²) in [5.41, 5.74) is 7.38. The molecule has 4 nitrogen and oxygen atoms in total. The van der Waals surface area contributed by atoms with Crippen molar-refractivity contribution < 1.29 is 5.11 Å². The minimum Gasteiger partial charge on any atom is -0.396 e. The number of hydrogen-bond acceptors (Lipinski definition) is 3. The molecule has 4 N–H and O–H groups in total. The van der Waals surface area contributed by atoms with Gasteiger partial charge < -0.3 is 15.7 Å². The van der Waals surface area contributed by atoms with E-state index in [0.717, 1.165) is 41.7 Å². The summed E-state index contributed by atoms with van der Waals surface area (Å²) in [5.74, 6) is 0.655. The van der Waals surface area contributed by atoms with E-state index in [9.17, 15) is 0 Å². The Bertz CT molecular complexity index is 462. The topological polar surface area (TPSA) is 73.3 Å². The Labute approximate surface area is 122 Å². The van der Waals surface area contributed by atoms with Gasteiger partial charge >= 0.3 is 0 Å². The third-order valence-electron chi connectivity index (χ3n) is 3.66. The van der Waals surface area contributed by atoms with Gasteiger partial charge in [0, 0.05) is 29.7 Å². The van der Waals surface area contributed by atoms with E-state index in [1.165, 1.54) is 6.42 Å². The Morgan fingerprint density at radius 1 is 1.53 bits per heavy atom. The lowest BCUT2D eigenvalue weighted by atomic mass is 9.94. The number of anilines is 1. The monoisotopic (exact) mass is 325 g/mol. The molecule has 0 spiro atoms. The summed E-state index contributed by atoms with van der Waals surface area (Å²) < 4.78 is 0.977. The number of nitrogens with one attached hydrogen (secondary N) is 1. The normalized spacial score (nSPS) is 19.5. The van der Waals surface area contributed by atoms with Crippen molar-refractivity contribution in [2.45, 2.75) is 19.3 Å². The summed E-state index contributed by atoms with van der Waals surface area (Å²) in [6.07, 6.45) is 3.23. The Kier molecular flexibility index (Phi) is 4.82. The number of aliphatic hydroxyl groups excluding tert-OH is 1. The van der Waals surface area contributed by atoms with Gasteiger partial charge in [-0.05, 0) is 59.3 Å². The molecule has 5 heteroatoms. The summed E-state index contributed by atoms with van der Waals surface area (Å²) in [5, 5.41) is 16.5. The summed E-state index contributed by atoms with van der Waals surface area (Å²) in [4.78, 5) is 2.35. The smallest absolute Gasteiger partial charge is 0.122 e. The third kappa shape index (κ3) is 3.48. The Morgan fingerprint density at radius 3 is 2.95 bits per heavy atom. The van der Waals surface area contributed by atoms with Crippen LogP contribution in [0.25, 0.3) is 0 Å². The number of nitrogens with two attached hydrogens (primary N) is 1. The van der Waals surface area contributed by atoms with Crippen LogP contribution in [-0.4, -0.2) is 30.6 Å². The fraction of sp³-hybridized carbons (Fsp3) is 0.500. The minimum atomic E-state index is 0.0871.